The Bertz CT molecular complexity index is 2620. The molecule has 1 unspecified atom stereocenters. The van der Waals surface area contributed by atoms with Crippen LogP contribution in [0.3, 0.4) is 0 Å². The van der Waals surface area contributed by atoms with Gasteiger partial charge in [-0.15, -0.1) is 46.6 Å². The van der Waals surface area contributed by atoms with Crippen molar-refractivity contribution in [1.82, 2.24) is 4.98 Å². The number of nitriles is 1. The smallest absolute Gasteiger partial charge is 0.661 e. The van der Waals surface area contributed by atoms with E-state index in [0.29, 0.717) is 11.5 Å². The van der Waals surface area contributed by atoms with Crippen molar-refractivity contribution in [3.05, 3.63) is 191 Å². The quantitative estimate of drug-likeness (QED) is 0.118. The van der Waals surface area contributed by atoms with Crippen LogP contribution >= 0.6 is 0 Å². The van der Waals surface area contributed by atoms with E-state index in [1.165, 1.54) is 44.1 Å². The van der Waals surface area contributed by atoms with E-state index in [2.05, 4.69) is 203 Å². The molecule has 0 bridgehead atoms. The number of aromatic nitrogens is 1. The van der Waals surface area contributed by atoms with E-state index in [4.69, 9.17) is 10.6 Å². The second kappa shape index (κ2) is 17.0. The van der Waals surface area contributed by atoms with Crippen LogP contribution in [0.15, 0.2) is 146 Å². The van der Waals surface area contributed by atoms with Crippen LogP contribution in [0.2, 0.25) is 19.6 Å². The average molecular weight is 962 g/mol. The second-order valence-electron chi connectivity index (χ2n) is 17.3. The Balaban J connectivity index is 0.000000199. The third-order valence-corrected chi connectivity index (χ3v) is 13.4. The minimum Gasteiger partial charge on any atom is -0.661 e. The van der Waals surface area contributed by atoms with Gasteiger partial charge in [-0.1, -0.05) is 144 Å². The van der Waals surface area contributed by atoms with Crippen LogP contribution in [0.4, 0.5) is 17.1 Å². The fourth-order valence-corrected chi connectivity index (χ4v) is 10.0. The normalized spacial score (nSPS) is 14.5. The molecule has 0 saturated heterocycles. The summed E-state index contributed by atoms with van der Waals surface area (Å²) in [5.74, 6) is 0.621. The molecule has 1 aliphatic heterocycles. The second-order valence-corrected chi connectivity index (χ2v) is 22.4. The Morgan fingerprint density at radius 2 is 1.47 bits per heavy atom. The first-order valence-corrected chi connectivity index (χ1v) is 23.7. The third kappa shape index (κ3) is 8.34. The fourth-order valence-electron chi connectivity index (χ4n) is 8.42. The largest absolute Gasteiger partial charge is 3.00 e. The summed E-state index contributed by atoms with van der Waals surface area (Å²) in [5.41, 5.74) is 16.0. The van der Waals surface area contributed by atoms with Crippen molar-refractivity contribution in [2.75, 3.05) is 4.90 Å². The van der Waals surface area contributed by atoms with Crippen molar-refractivity contribution < 1.29 is 20.1 Å². The molecule has 0 amide bonds. The number of rotatable bonds is 7. The molecule has 2 aliphatic rings. The predicted molar refractivity (Wildman–Crippen MR) is 244 cm³/mol. The van der Waals surface area contributed by atoms with Gasteiger partial charge in [0.1, 0.15) is 0 Å². The molecule has 0 fully saturated rings. The van der Waals surface area contributed by atoms with Gasteiger partial charge in [-0.2, -0.15) is 23.8 Å². The molecule has 1 aliphatic carbocycles. The Morgan fingerprint density at radius 1 is 0.780 bits per heavy atom. The number of pyridine rings is 1. The van der Waals surface area contributed by atoms with Crippen molar-refractivity contribution in [3.8, 4) is 39.6 Å². The Morgan fingerprint density at radius 3 is 2.17 bits per heavy atom. The zero-order valence-corrected chi connectivity index (χ0v) is 38.2. The van der Waals surface area contributed by atoms with Crippen molar-refractivity contribution >= 4 is 30.3 Å². The maximum absolute atomic E-state index is 8.89. The SMILES string of the molecule is CC(C)Cc1cc(-c2[c-]cc(C#N)cc2)ncc1[Si](C)(C)C.CC1(C)c2c[c-]c(C3[N-]c4ccccc4N3c3ccc(-c4ccccc4)cc3)cc2-c2ccccc21.[Ir+3]. The molecule has 4 nitrogen and oxygen atoms in total. The number of hydrogen-bond acceptors (Lipinski definition) is 3. The molecule has 294 valence electrons. The molecule has 9 rings (SSSR count). The van der Waals surface area contributed by atoms with Crippen LogP contribution in [-0.4, -0.2) is 13.1 Å². The zero-order chi connectivity index (χ0) is 40.6. The average Bonchev–Trinajstić information content (AvgIpc) is 3.73. The molecule has 2 heterocycles. The summed E-state index contributed by atoms with van der Waals surface area (Å²) in [6.45, 7) is 16.2. The van der Waals surface area contributed by atoms with Crippen LogP contribution in [0, 0.1) is 29.4 Å². The van der Waals surface area contributed by atoms with Gasteiger partial charge in [-0.25, -0.2) is 5.26 Å². The van der Waals surface area contributed by atoms with Crippen LogP contribution in [0.1, 0.15) is 61.7 Å². The molecule has 1 aromatic heterocycles. The molecule has 0 N–H and O–H groups in total. The van der Waals surface area contributed by atoms with Crippen molar-refractivity contribution in [2.24, 2.45) is 5.92 Å². The van der Waals surface area contributed by atoms with E-state index in [1.54, 1.807) is 6.07 Å². The summed E-state index contributed by atoms with van der Waals surface area (Å²) >= 11 is 0. The van der Waals surface area contributed by atoms with Gasteiger partial charge in [0.15, 0.2) is 0 Å². The molecule has 6 aromatic carbocycles. The third-order valence-electron chi connectivity index (χ3n) is 11.4. The van der Waals surface area contributed by atoms with Crippen LogP contribution in [0.25, 0.3) is 38.8 Å². The van der Waals surface area contributed by atoms with E-state index in [0.717, 1.165) is 40.3 Å². The van der Waals surface area contributed by atoms with Gasteiger partial charge in [-0.05, 0) is 80.8 Å². The summed E-state index contributed by atoms with van der Waals surface area (Å²) in [7, 11) is -1.40. The predicted octanol–water partition coefficient (Wildman–Crippen LogP) is 13.5. The molecule has 0 radical (unpaired) electrons. The molecule has 6 heteroatoms. The first-order valence-electron chi connectivity index (χ1n) is 20.2. The first kappa shape index (κ1) is 41.6. The van der Waals surface area contributed by atoms with Gasteiger partial charge in [0.2, 0.25) is 0 Å². The van der Waals surface area contributed by atoms with Gasteiger partial charge in [-0.3, -0.25) is 0 Å². The minimum absolute atomic E-state index is 0. The number of para-hydroxylation sites is 2. The summed E-state index contributed by atoms with van der Waals surface area (Å²) in [6.07, 6.45) is 2.97. The van der Waals surface area contributed by atoms with Gasteiger partial charge in [0.05, 0.1) is 8.07 Å². The van der Waals surface area contributed by atoms with E-state index in [-0.39, 0.29) is 31.7 Å². The maximum atomic E-state index is 8.89. The number of nitrogens with zero attached hydrogens (tertiary/aromatic N) is 4. The number of benzene rings is 6. The van der Waals surface area contributed by atoms with Crippen molar-refractivity contribution in [3.63, 3.8) is 0 Å². The van der Waals surface area contributed by atoms with E-state index < -0.39 is 8.07 Å². The molecule has 59 heavy (non-hydrogen) atoms. The first-order chi connectivity index (χ1) is 27.9. The molecular formula is C53H49IrN4Si. The summed E-state index contributed by atoms with van der Waals surface area (Å²) in [5, 5.41) is 15.5. The Labute approximate surface area is 365 Å². The number of hydrogen-bond donors (Lipinski definition) is 0. The number of fused-ring (bicyclic) bond motifs is 4. The summed E-state index contributed by atoms with van der Waals surface area (Å²) < 4.78 is 0. The topological polar surface area (TPSA) is 54.0 Å². The molecule has 1 atom stereocenters. The van der Waals surface area contributed by atoms with E-state index >= 15 is 0 Å². The van der Waals surface area contributed by atoms with Gasteiger partial charge < -0.3 is 15.2 Å². The molecule has 0 spiro atoms. The van der Waals surface area contributed by atoms with Crippen molar-refractivity contribution in [1.29, 1.82) is 5.26 Å². The Hall–Kier alpha value is -5.57. The summed E-state index contributed by atoms with van der Waals surface area (Å²) in [6, 6.07) is 57.7. The number of anilines is 2. The minimum atomic E-state index is -1.40. The monoisotopic (exact) mass is 962 g/mol. The van der Waals surface area contributed by atoms with E-state index in [1.807, 2.05) is 12.1 Å². The maximum Gasteiger partial charge on any atom is 3.00 e. The molecule has 7 aromatic rings. The Kier molecular flexibility index (Phi) is 12.0. The van der Waals surface area contributed by atoms with Gasteiger partial charge in [0, 0.05) is 23.6 Å². The van der Waals surface area contributed by atoms with Crippen LogP contribution < -0.4 is 10.1 Å². The van der Waals surface area contributed by atoms with Crippen LogP contribution in [0.5, 0.6) is 0 Å². The van der Waals surface area contributed by atoms with Crippen LogP contribution in [-0.2, 0) is 31.9 Å². The van der Waals surface area contributed by atoms with Gasteiger partial charge in [0.25, 0.3) is 0 Å². The van der Waals surface area contributed by atoms with Crippen molar-refractivity contribution in [2.45, 2.75) is 65.3 Å². The van der Waals surface area contributed by atoms with Gasteiger partial charge >= 0.3 is 20.1 Å². The standard InChI is InChI=1S/C34H26N2.C19H23N2Si.Ir/c1-34(2)29-13-7-6-12-27(29)28-22-25(18-21-30(28)34)33-35-31-14-8-9-15-32(31)36(33)26-19-16-24(17-20-26)23-10-4-3-5-11-23;1-14(2)10-17-11-18(21-13-19(17)22(3,4)5)16-8-6-15(12-20)7-9-16;/h3-17,19-22,33H,1-2H3;6-8,11,13-14H,10H2,1-5H3;/q-2;-1;+3. The fraction of sp³-hybridized carbons (Fsp3) is 0.208. The van der Waals surface area contributed by atoms with E-state index in [9.17, 15) is 0 Å². The molecular weight excluding hydrogens is 913 g/mol. The summed E-state index contributed by atoms with van der Waals surface area (Å²) in [4.78, 5) is 7.00. The molecule has 0 saturated carbocycles. The zero-order valence-electron chi connectivity index (χ0n) is 34.8.